The summed E-state index contributed by atoms with van der Waals surface area (Å²) in [7, 11) is 0. The molecule has 2 fully saturated rings. The second kappa shape index (κ2) is 5.17. The molecule has 2 aliphatic rings. The minimum atomic E-state index is 0.165. The van der Waals surface area contributed by atoms with Gasteiger partial charge in [0.25, 0.3) is 0 Å². The van der Waals surface area contributed by atoms with E-state index in [1.807, 2.05) is 0 Å². The summed E-state index contributed by atoms with van der Waals surface area (Å²) in [5.41, 5.74) is 6.10. The van der Waals surface area contributed by atoms with Crippen molar-refractivity contribution in [1.29, 1.82) is 0 Å². The fourth-order valence-corrected chi connectivity index (χ4v) is 2.64. The van der Waals surface area contributed by atoms with Crippen LogP contribution in [-0.4, -0.2) is 18.0 Å². The molecule has 0 heterocycles. The number of carbonyl (C=O) groups excluding carboxylic acids is 1. The quantitative estimate of drug-likeness (QED) is 0.718. The third-order valence-corrected chi connectivity index (χ3v) is 4.14. The topological polar surface area (TPSA) is 55.1 Å². The molecule has 3 nitrogen and oxygen atoms in total. The zero-order chi connectivity index (χ0) is 11.5. The van der Waals surface area contributed by atoms with Crippen molar-refractivity contribution in [2.75, 3.05) is 0 Å². The Morgan fingerprint density at radius 1 is 1.19 bits per heavy atom. The summed E-state index contributed by atoms with van der Waals surface area (Å²) < 4.78 is 0. The van der Waals surface area contributed by atoms with E-state index in [4.69, 9.17) is 5.73 Å². The van der Waals surface area contributed by atoms with Gasteiger partial charge >= 0.3 is 0 Å². The molecule has 2 rings (SSSR count). The maximum Gasteiger partial charge on any atom is 0.223 e. The maximum absolute atomic E-state index is 12.0. The van der Waals surface area contributed by atoms with Crippen LogP contribution in [0.4, 0.5) is 0 Å². The summed E-state index contributed by atoms with van der Waals surface area (Å²) in [5.74, 6) is 1.06. The van der Waals surface area contributed by atoms with Gasteiger partial charge in [0.1, 0.15) is 0 Å². The zero-order valence-corrected chi connectivity index (χ0v) is 10.2. The highest BCUT2D eigenvalue weighted by Crippen LogP contribution is 2.36. The van der Waals surface area contributed by atoms with Gasteiger partial charge < -0.3 is 11.1 Å². The molecule has 1 amide bonds. The SMILES string of the molecule is CC(C(=O)NC1CCCCCC1N)C1CC1. The fraction of sp³-hybridized carbons (Fsp3) is 0.923. The molecular weight excluding hydrogens is 200 g/mol. The van der Waals surface area contributed by atoms with E-state index in [1.165, 1.54) is 32.1 Å². The molecular formula is C13H24N2O. The Morgan fingerprint density at radius 2 is 1.88 bits per heavy atom. The van der Waals surface area contributed by atoms with Gasteiger partial charge in [-0.2, -0.15) is 0 Å². The van der Waals surface area contributed by atoms with E-state index in [-0.39, 0.29) is 23.9 Å². The van der Waals surface area contributed by atoms with E-state index in [9.17, 15) is 4.79 Å². The molecule has 0 aromatic rings. The molecule has 92 valence electrons. The summed E-state index contributed by atoms with van der Waals surface area (Å²) >= 11 is 0. The number of nitrogens with one attached hydrogen (secondary N) is 1. The first-order chi connectivity index (χ1) is 7.68. The number of hydrogen-bond acceptors (Lipinski definition) is 2. The molecule has 0 radical (unpaired) electrons. The molecule has 2 aliphatic carbocycles. The summed E-state index contributed by atoms with van der Waals surface area (Å²) in [4.78, 5) is 12.0. The van der Waals surface area contributed by atoms with E-state index in [1.54, 1.807) is 0 Å². The first-order valence-corrected chi connectivity index (χ1v) is 6.74. The van der Waals surface area contributed by atoms with E-state index in [2.05, 4.69) is 12.2 Å². The number of carbonyl (C=O) groups is 1. The van der Waals surface area contributed by atoms with Crippen molar-refractivity contribution in [1.82, 2.24) is 5.32 Å². The Kier molecular flexibility index (Phi) is 3.85. The van der Waals surface area contributed by atoms with Gasteiger partial charge in [-0.15, -0.1) is 0 Å². The number of amides is 1. The zero-order valence-electron chi connectivity index (χ0n) is 10.2. The van der Waals surface area contributed by atoms with Gasteiger partial charge in [-0.3, -0.25) is 4.79 Å². The van der Waals surface area contributed by atoms with E-state index in [0.717, 1.165) is 12.8 Å². The Morgan fingerprint density at radius 3 is 2.56 bits per heavy atom. The molecule has 0 aromatic heterocycles. The first-order valence-electron chi connectivity index (χ1n) is 6.74. The van der Waals surface area contributed by atoms with Crippen molar-refractivity contribution in [2.45, 2.75) is 64.0 Å². The second-order valence-corrected chi connectivity index (χ2v) is 5.54. The van der Waals surface area contributed by atoms with Crippen LogP contribution in [0, 0.1) is 11.8 Å². The third kappa shape index (κ3) is 2.97. The van der Waals surface area contributed by atoms with Crippen LogP contribution >= 0.6 is 0 Å². The Bertz CT molecular complexity index is 250. The highest BCUT2D eigenvalue weighted by molar-refractivity contribution is 5.79. The van der Waals surface area contributed by atoms with Crippen LogP contribution in [0.15, 0.2) is 0 Å². The monoisotopic (exact) mass is 224 g/mol. The van der Waals surface area contributed by atoms with Crippen LogP contribution in [-0.2, 0) is 4.79 Å². The molecule has 0 saturated heterocycles. The minimum absolute atomic E-state index is 0.165. The highest BCUT2D eigenvalue weighted by Gasteiger charge is 2.34. The molecule has 16 heavy (non-hydrogen) atoms. The second-order valence-electron chi connectivity index (χ2n) is 5.54. The smallest absolute Gasteiger partial charge is 0.223 e. The largest absolute Gasteiger partial charge is 0.352 e. The molecule has 0 bridgehead atoms. The highest BCUT2D eigenvalue weighted by atomic mass is 16.1. The van der Waals surface area contributed by atoms with Crippen molar-refractivity contribution >= 4 is 5.91 Å². The van der Waals surface area contributed by atoms with E-state index in [0.29, 0.717) is 5.92 Å². The molecule has 0 aromatic carbocycles. The van der Waals surface area contributed by atoms with Gasteiger partial charge in [0.05, 0.1) is 0 Å². The predicted octanol–water partition coefficient (Wildman–Crippen LogP) is 1.81. The van der Waals surface area contributed by atoms with Gasteiger partial charge in [-0.25, -0.2) is 0 Å². The summed E-state index contributed by atoms with van der Waals surface area (Å²) in [6, 6.07) is 0.383. The minimum Gasteiger partial charge on any atom is -0.352 e. The average molecular weight is 224 g/mol. The predicted molar refractivity (Wildman–Crippen MR) is 64.9 cm³/mol. The lowest BCUT2D eigenvalue weighted by Crippen LogP contribution is -2.48. The van der Waals surface area contributed by atoms with Gasteiger partial charge in [0.15, 0.2) is 0 Å². The van der Waals surface area contributed by atoms with Crippen LogP contribution in [0.25, 0.3) is 0 Å². The molecule has 3 heteroatoms. The molecule has 3 N–H and O–H groups in total. The average Bonchev–Trinajstić information content (AvgIpc) is 3.07. The first kappa shape index (κ1) is 11.9. The maximum atomic E-state index is 12.0. The summed E-state index contributed by atoms with van der Waals surface area (Å²) in [6.45, 7) is 2.05. The van der Waals surface area contributed by atoms with Gasteiger partial charge in [-0.1, -0.05) is 26.2 Å². The Hall–Kier alpha value is -0.570. The van der Waals surface area contributed by atoms with Crippen LogP contribution < -0.4 is 11.1 Å². The van der Waals surface area contributed by atoms with Crippen molar-refractivity contribution in [3.63, 3.8) is 0 Å². The Labute approximate surface area is 98.2 Å². The van der Waals surface area contributed by atoms with Gasteiger partial charge in [-0.05, 0) is 31.6 Å². The normalized spacial score (nSPS) is 32.9. The van der Waals surface area contributed by atoms with E-state index < -0.39 is 0 Å². The van der Waals surface area contributed by atoms with Crippen molar-refractivity contribution in [2.24, 2.45) is 17.6 Å². The van der Waals surface area contributed by atoms with Crippen molar-refractivity contribution < 1.29 is 4.79 Å². The molecule has 0 aliphatic heterocycles. The van der Waals surface area contributed by atoms with Crippen LogP contribution in [0.5, 0.6) is 0 Å². The summed E-state index contributed by atoms with van der Waals surface area (Å²) in [6.07, 6.45) is 8.25. The fourth-order valence-electron chi connectivity index (χ4n) is 2.64. The standard InChI is InChI=1S/C13H24N2O/c1-9(10-7-8-10)13(16)15-12-6-4-2-3-5-11(12)14/h9-12H,2-8,14H2,1H3,(H,15,16). The molecule has 3 atom stereocenters. The van der Waals surface area contributed by atoms with Crippen LogP contribution in [0.3, 0.4) is 0 Å². The lowest BCUT2D eigenvalue weighted by molar-refractivity contribution is -0.126. The lowest BCUT2D eigenvalue weighted by atomic mass is 10.0. The Balaban J connectivity index is 1.83. The van der Waals surface area contributed by atoms with E-state index >= 15 is 0 Å². The van der Waals surface area contributed by atoms with Gasteiger partial charge in [0.2, 0.25) is 5.91 Å². The molecule has 3 unspecified atom stereocenters. The number of rotatable bonds is 3. The number of hydrogen-bond donors (Lipinski definition) is 2. The molecule has 2 saturated carbocycles. The third-order valence-electron chi connectivity index (χ3n) is 4.14. The van der Waals surface area contributed by atoms with Crippen LogP contribution in [0.1, 0.15) is 51.9 Å². The van der Waals surface area contributed by atoms with Gasteiger partial charge in [0, 0.05) is 18.0 Å². The number of nitrogens with two attached hydrogens (primary N) is 1. The molecule has 0 spiro atoms. The lowest BCUT2D eigenvalue weighted by Gasteiger charge is -2.24. The van der Waals surface area contributed by atoms with Crippen molar-refractivity contribution in [3.8, 4) is 0 Å². The summed E-state index contributed by atoms with van der Waals surface area (Å²) in [5, 5.41) is 3.17. The van der Waals surface area contributed by atoms with Crippen molar-refractivity contribution in [3.05, 3.63) is 0 Å². The van der Waals surface area contributed by atoms with Crippen LogP contribution in [0.2, 0.25) is 0 Å².